The van der Waals surface area contributed by atoms with E-state index in [-0.39, 0.29) is 17.6 Å². The lowest BCUT2D eigenvalue weighted by Crippen LogP contribution is -2.37. The number of hydrogen-bond donors (Lipinski definition) is 1. The molecule has 2 aromatic rings. The minimum absolute atomic E-state index is 0.0648. The van der Waals surface area contributed by atoms with Crippen LogP contribution in [0.25, 0.3) is 0 Å². The van der Waals surface area contributed by atoms with Crippen LogP contribution in [0.4, 0.5) is 10.1 Å². The SMILES string of the molecule is Cc1cccc(NC(=O)C2CCN(Cc3ccc(F)cc3)CC2)c1. The summed E-state index contributed by atoms with van der Waals surface area (Å²) in [4.78, 5) is 14.7. The van der Waals surface area contributed by atoms with E-state index < -0.39 is 0 Å². The molecule has 0 spiro atoms. The van der Waals surface area contributed by atoms with Crippen LogP contribution in [0.3, 0.4) is 0 Å². The molecule has 3 nitrogen and oxygen atoms in total. The number of carbonyl (C=O) groups is 1. The summed E-state index contributed by atoms with van der Waals surface area (Å²) in [5, 5.41) is 3.02. The van der Waals surface area contributed by atoms with E-state index in [0.29, 0.717) is 0 Å². The van der Waals surface area contributed by atoms with Gasteiger partial charge in [0.2, 0.25) is 5.91 Å². The van der Waals surface area contributed by atoms with E-state index >= 15 is 0 Å². The molecule has 4 heteroatoms. The fourth-order valence-corrected chi connectivity index (χ4v) is 3.17. The van der Waals surface area contributed by atoms with Crippen LogP contribution in [0.15, 0.2) is 48.5 Å². The van der Waals surface area contributed by atoms with E-state index in [0.717, 1.165) is 49.3 Å². The zero-order valence-electron chi connectivity index (χ0n) is 14.0. The molecule has 126 valence electrons. The highest BCUT2D eigenvalue weighted by atomic mass is 19.1. The van der Waals surface area contributed by atoms with Gasteiger partial charge in [0.05, 0.1) is 0 Å². The van der Waals surface area contributed by atoms with Gasteiger partial charge < -0.3 is 5.32 Å². The minimum atomic E-state index is -0.203. The number of piperidine rings is 1. The molecule has 1 saturated heterocycles. The van der Waals surface area contributed by atoms with Crippen molar-refractivity contribution in [1.29, 1.82) is 0 Å². The molecule has 0 aromatic heterocycles. The second-order valence-electron chi connectivity index (χ2n) is 6.54. The fraction of sp³-hybridized carbons (Fsp3) is 0.350. The number of anilines is 1. The van der Waals surface area contributed by atoms with Gasteiger partial charge in [-0.15, -0.1) is 0 Å². The first kappa shape index (κ1) is 16.7. The van der Waals surface area contributed by atoms with E-state index in [1.807, 2.05) is 43.3 Å². The van der Waals surface area contributed by atoms with E-state index in [1.54, 1.807) is 0 Å². The zero-order valence-corrected chi connectivity index (χ0v) is 14.0. The van der Waals surface area contributed by atoms with Crippen molar-refractivity contribution in [2.75, 3.05) is 18.4 Å². The van der Waals surface area contributed by atoms with Gasteiger partial charge in [-0.05, 0) is 68.2 Å². The number of aryl methyl sites for hydroxylation is 1. The molecule has 0 saturated carbocycles. The van der Waals surface area contributed by atoms with Gasteiger partial charge in [0.1, 0.15) is 5.82 Å². The standard InChI is InChI=1S/C20H23FN2O/c1-15-3-2-4-19(13-15)22-20(24)17-9-11-23(12-10-17)14-16-5-7-18(21)8-6-16/h2-8,13,17H,9-12,14H2,1H3,(H,22,24). The molecule has 1 fully saturated rings. The van der Waals surface area contributed by atoms with Gasteiger partial charge in [-0.2, -0.15) is 0 Å². The number of nitrogens with one attached hydrogen (secondary N) is 1. The van der Waals surface area contributed by atoms with Crippen LogP contribution in [0.5, 0.6) is 0 Å². The lowest BCUT2D eigenvalue weighted by atomic mass is 9.95. The number of carbonyl (C=O) groups excluding carboxylic acids is 1. The number of likely N-dealkylation sites (tertiary alicyclic amines) is 1. The van der Waals surface area contributed by atoms with Crippen molar-refractivity contribution in [2.24, 2.45) is 5.92 Å². The average molecular weight is 326 g/mol. The number of nitrogens with zero attached hydrogens (tertiary/aromatic N) is 1. The second kappa shape index (κ2) is 7.58. The summed E-state index contributed by atoms with van der Waals surface area (Å²) >= 11 is 0. The van der Waals surface area contributed by atoms with Gasteiger partial charge in [0.15, 0.2) is 0 Å². The maximum atomic E-state index is 13.0. The summed E-state index contributed by atoms with van der Waals surface area (Å²) in [5.74, 6) is -0.0257. The smallest absolute Gasteiger partial charge is 0.227 e. The molecule has 1 heterocycles. The predicted octanol–water partition coefficient (Wildman–Crippen LogP) is 3.98. The van der Waals surface area contributed by atoms with Crippen molar-refractivity contribution < 1.29 is 9.18 Å². The van der Waals surface area contributed by atoms with Crippen LogP contribution < -0.4 is 5.32 Å². The number of halogens is 1. The summed E-state index contributed by atoms with van der Waals surface area (Å²) in [6.45, 7) is 4.61. The highest BCUT2D eigenvalue weighted by Crippen LogP contribution is 2.21. The molecular formula is C20H23FN2O. The Bertz CT molecular complexity index is 691. The number of rotatable bonds is 4. The zero-order chi connectivity index (χ0) is 16.9. The summed E-state index contributed by atoms with van der Waals surface area (Å²) < 4.78 is 13.0. The van der Waals surface area contributed by atoms with Gasteiger partial charge in [-0.1, -0.05) is 24.3 Å². The summed E-state index contributed by atoms with van der Waals surface area (Å²) in [5.41, 5.74) is 3.12. The summed E-state index contributed by atoms with van der Waals surface area (Å²) in [6.07, 6.45) is 1.72. The van der Waals surface area contributed by atoms with Crippen molar-refractivity contribution in [1.82, 2.24) is 4.90 Å². The molecule has 3 rings (SSSR count). The molecule has 0 atom stereocenters. The molecule has 1 aliphatic rings. The quantitative estimate of drug-likeness (QED) is 0.921. The Hall–Kier alpha value is -2.20. The van der Waals surface area contributed by atoms with Crippen LogP contribution in [0.2, 0.25) is 0 Å². The van der Waals surface area contributed by atoms with E-state index in [2.05, 4.69) is 10.2 Å². The molecule has 1 amide bonds. The molecule has 1 aliphatic heterocycles. The van der Waals surface area contributed by atoms with Crippen LogP contribution in [-0.2, 0) is 11.3 Å². The Balaban J connectivity index is 1.49. The lowest BCUT2D eigenvalue weighted by Gasteiger charge is -2.31. The van der Waals surface area contributed by atoms with Gasteiger partial charge in [0, 0.05) is 18.2 Å². The first-order valence-corrected chi connectivity index (χ1v) is 8.44. The van der Waals surface area contributed by atoms with E-state index in [4.69, 9.17) is 0 Å². The van der Waals surface area contributed by atoms with Crippen molar-refractivity contribution in [3.63, 3.8) is 0 Å². The molecule has 24 heavy (non-hydrogen) atoms. The summed E-state index contributed by atoms with van der Waals surface area (Å²) in [6, 6.07) is 14.5. The first-order valence-electron chi connectivity index (χ1n) is 8.44. The third kappa shape index (κ3) is 4.42. The molecule has 0 unspecified atom stereocenters. The van der Waals surface area contributed by atoms with Gasteiger partial charge in [0.25, 0.3) is 0 Å². The number of benzene rings is 2. The summed E-state index contributed by atoms with van der Waals surface area (Å²) in [7, 11) is 0. The van der Waals surface area contributed by atoms with Crippen molar-refractivity contribution >= 4 is 11.6 Å². The number of hydrogen-bond acceptors (Lipinski definition) is 2. The van der Waals surface area contributed by atoms with E-state index in [1.165, 1.54) is 12.1 Å². The van der Waals surface area contributed by atoms with E-state index in [9.17, 15) is 9.18 Å². The lowest BCUT2D eigenvalue weighted by molar-refractivity contribution is -0.121. The van der Waals surface area contributed by atoms with Gasteiger partial charge >= 0.3 is 0 Å². The fourth-order valence-electron chi connectivity index (χ4n) is 3.17. The Kier molecular flexibility index (Phi) is 5.26. The monoisotopic (exact) mass is 326 g/mol. The third-order valence-electron chi connectivity index (χ3n) is 4.56. The molecule has 0 radical (unpaired) electrons. The Morgan fingerprint density at radius 3 is 2.54 bits per heavy atom. The maximum absolute atomic E-state index is 13.0. The van der Waals surface area contributed by atoms with Crippen molar-refractivity contribution in [3.8, 4) is 0 Å². The van der Waals surface area contributed by atoms with Gasteiger partial charge in [-0.25, -0.2) is 4.39 Å². The normalized spacial score (nSPS) is 16.1. The maximum Gasteiger partial charge on any atom is 0.227 e. The van der Waals surface area contributed by atoms with Crippen LogP contribution >= 0.6 is 0 Å². The molecule has 2 aromatic carbocycles. The first-order chi connectivity index (χ1) is 11.6. The highest BCUT2D eigenvalue weighted by molar-refractivity contribution is 5.92. The molecule has 0 bridgehead atoms. The van der Waals surface area contributed by atoms with Crippen molar-refractivity contribution in [3.05, 3.63) is 65.5 Å². The minimum Gasteiger partial charge on any atom is -0.326 e. The Labute approximate surface area is 142 Å². The third-order valence-corrected chi connectivity index (χ3v) is 4.56. The predicted molar refractivity (Wildman–Crippen MR) is 94.2 cm³/mol. The molecular weight excluding hydrogens is 303 g/mol. The Morgan fingerprint density at radius 2 is 1.88 bits per heavy atom. The topological polar surface area (TPSA) is 32.3 Å². The van der Waals surface area contributed by atoms with Gasteiger partial charge in [-0.3, -0.25) is 9.69 Å². The highest BCUT2D eigenvalue weighted by Gasteiger charge is 2.25. The second-order valence-corrected chi connectivity index (χ2v) is 6.54. The van der Waals surface area contributed by atoms with Crippen molar-refractivity contribution in [2.45, 2.75) is 26.3 Å². The number of amides is 1. The molecule has 0 aliphatic carbocycles. The average Bonchev–Trinajstić information content (AvgIpc) is 2.57. The molecule has 1 N–H and O–H groups in total. The van der Waals surface area contributed by atoms with Crippen LogP contribution in [0, 0.1) is 18.7 Å². The van der Waals surface area contributed by atoms with Crippen LogP contribution in [0.1, 0.15) is 24.0 Å². The van der Waals surface area contributed by atoms with Crippen LogP contribution in [-0.4, -0.2) is 23.9 Å². The largest absolute Gasteiger partial charge is 0.326 e. The Morgan fingerprint density at radius 1 is 1.17 bits per heavy atom.